The fraction of sp³-hybridized carbons (Fsp3) is 0.389. The SMILES string of the molecule is CCCOc1cc(Br)c(C=NNc2nc(CC(=O)OCC)cs2)cc1OC. The molecule has 0 aliphatic rings. The van der Waals surface area contributed by atoms with Gasteiger partial charge < -0.3 is 14.2 Å². The Hall–Kier alpha value is -2.13. The largest absolute Gasteiger partial charge is 0.493 e. The van der Waals surface area contributed by atoms with E-state index >= 15 is 0 Å². The number of thiazole rings is 1. The zero-order valence-electron chi connectivity index (χ0n) is 15.5. The van der Waals surface area contributed by atoms with Crippen LogP contribution >= 0.6 is 27.3 Å². The third-order valence-electron chi connectivity index (χ3n) is 3.29. The summed E-state index contributed by atoms with van der Waals surface area (Å²) in [6.45, 7) is 4.80. The highest BCUT2D eigenvalue weighted by molar-refractivity contribution is 9.10. The van der Waals surface area contributed by atoms with E-state index in [1.165, 1.54) is 11.3 Å². The van der Waals surface area contributed by atoms with Crippen molar-refractivity contribution in [1.29, 1.82) is 0 Å². The quantitative estimate of drug-likeness (QED) is 0.327. The first kappa shape index (κ1) is 21.2. The summed E-state index contributed by atoms with van der Waals surface area (Å²) in [5.41, 5.74) is 4.34. The molecule has 0 fully saturated rings. The van der Waals surface area contributed by atoms with Gasteiger partial charge in [-0.3, -0.25) is 10.2 Å². The average Bonchev–Trinajstić information content (AvgIpc) is 3.08. The number of carbonyl (C=O) groups excluding carboxylic acids is 1. The molecular weight excluding hydrogens is 434 g/mol. The predicted octanol–water partition coefficient (Wildman–Crippen LogP) is 4.25. The molecule has 0 amide bonds. The summed E-state index contributed by atoms with van der Waals surface area (Å²) in [7, 11) is 1.60. The second kappa shape index (κ2) is 10.9. The zero-order valence-corrected chi connectivity index (χ0v) is 17.9. The van der Waals surface area contributed by atoms with Crippen LogP contribution in [0.2, 0.25) is 0 Å². The van der Waals surface area contributed by atoms with Crippen molar-refractivity contribution in [3.05, 3.63) is 33.2 Å². The Morgan fingerprint density at radius 3 is 2.89 bits per heavy atom. The summed E-state index contributed by atoms with van der Waals surface area (Å²) in [5.74, 6) is 1.03. The van der Waals surface area contributed by atoms with E-state index in [1.807, 2.05) is 19.1 Å². The van der Waals surface area contributed by atoms with E-state index in [2.05, 4.69) is 31.4 Å². The van der Waals surface area contributed by atoms with Gasteiger partial charge in [-0.15, -0.1) is 11.3 Å². The molecule has 0 radical (unpaired) electrons. The lowest BCUT2D eigenvalue weighted by atomic mass is 10.2. The number of hydrazone groups is 1. The van der Waals surface area contributed by atoms with Gasteiger partial charge in [0.05, 0.1) is 38.7 Å². The highest BCUT2D eigenvalue weighted by atomic mass is 79.9. The van der Waals surface area contributed by atoms with Gasteiger partial charge in [-0.25, -0.2) is 4.98 Å². The highest BCUT2D eigenvalue weighted by Gasteiger charge is 2.10. The summed E-state index contributed by atoms with van der Waals surface area (Å²) < 4.78 is 16.8. The van der Waals surface area contributed by atoms with Crippen molar-refractivity contribution in [2.24, 2.45) is 5.10 Å². The Labute approximate surface area is 170 Å². The molecule has 1 heterocycles. The van der Waals surface area contributed by atoms with Gasteiger partial charge >= 0.3 is 5.97 Å². The molecule has 0 atom stereocenters. The molecule has 0 bridgehead atoms. The Morgan fingerprint density at radius 2 is 2.19 bits per heavy atom. The number of hydrogen-bond donors (Lipinski definition) is 1. The Morgan fingerprint density at radius 1 is 1.37 bits per heavy atom. The van der Waals surface area contributed by atoms with Crippen LogP contribution in [0.5, 0.6) is 11.5 Å². The third-order valence-corrected chi connectivity index (χ3v) is 4.77. The fourth-order valence-corrected chi connectivity index (χ4v) is 3.17. The molecule has 0 saturated carbocycles. The minimum Gasteiger partial charge on any atom is -0.493 e. The van der Waals surface area contributed by atoms with Gasteiger partial charge in [0.15, 0.2) is 11.5 Å². The van der Waals surface area contributed by atoms with Gasteiger partial charge in [0.25, 0.3) is 0 Å². The minimum absolute atomic E-state index is 0.150. The summed E-state index contributed by atoms with van der Waals surface area (Å²) in [5, 5.41) is 6.59. The van der Waals surface area contributed by atoms with E-state index in [0.717, 1.165) is 16.5 Å². The number of hydrogen-bond acceptors (Lipinski definition) is 8. The lowest BCUT2D eigenvalue weighted by molar-refractivity contribution is -0.142. The second-order valence-corrected chi connectivity index (χ2v) is 7.08. The number of rotatable bonds is 10. The van der Waals surface area contributed by atoms with E-state index in [9.17, 15) is 4.79 Å². The van der Waals surface area contributed by atoms with Crippen molar-refractivity contribution in [1.82, 2.24) is 4.98 Å². The molecule has 0 spiro atoms. The summed E-state index contributed by atoms with van der Waals surface area (Å²) in [6, 6.07) is 3.70. The number of methoxy groups -OCH3 is 1. The average molecular weight is 456 g/mol. The van der Waals surface area contributed by atoms with E-state index < -0.39 is 0 Å². The maximum atomic E-state index is 11.5. The van der Waals surface area contributed by atoms with Crippen LogP contribution in [-0.2, 0) is 16.0 Å². The van der Waals surface area contributed by atoms with Gasteiger partial charge in [0.2, 0.25) is 5.13 Å². The van der Waals surface area contributed by atoms with Crippen LogP contribution < -0.4 is 14.9 Å². The summed E-state index contributed by atoms with van der Waals surface area (Å²) >= 11 is 4.88. The van der Waals surface area contributed by atoms with Crippen LogP contribution in [0.25, 0.3) is 0 Å². The standard InChI is InChI=1S/C18H22BrN3O4S/c1-4-6-26-16-9-14(19)12(7-15(16)24-3)10-20-22-18-21-13(11-27-18)8-17(23)25-5-2/h7,9-11H,4-6,8H2,1-3H3,(H,21,22). The van der Waals surface area contributed by atoms with Crippen LogP contribution in [0, 0.1) is 0 Å². The third kappa shape index (κ3) is 6.51. The molecule has 146 valence electrons. The molecule has 9 heteroatoms. The van der Waals surface area contributed by atoms with E-state index in [-0.39, 0.29) is 12.4 Å². The Kier molecular flexibility index (Phi) is 8.53. The van der Waals surface area contributed by atoms with Crippen LogP contribution in [0.4, 0.5) is 5.13 Å². The first-order chi connectivity index (χ1) is 13.1. The van der Waals surface area contributed by atoms with E-state index in [4.69, 9.17) is 14.2 Å². The smallest absolute Gasteiger partial charge is 0.311 e. The van der Waals surface area contributed by atoms with Crippen molar-refractivity contribution in [2.45, 2.75) is 26.7 Å². The number of esters is 1. The molecular formula is C18H22BrN3O4S. The molecule has 0 aliphatic carbocycles. The Bertz CT molecular complexity index is 795. The molecule has 1 aromatic heterocycles. The minimum atomic E-state index is -0.292. The van der Waals surface area contributed by atoms with Crippen LogP contribution in [0.3, 0.4) is 0 Å². The zero-order chi connectivity index (χ0) is 19.6. The highest BCUT2D eigenvalue weighted by Crippen LogP contribution is 2.33. The number of ether oxygens (including phenoxy) is 3. The molecule has 0 aliphatic heterocycles. The van der Waals surface area contributed by atoms with Gasteiger partial charge in [-0.1, -0.05) is 6.92 Å². The Balaban J connectivity index is 2.01. The number of benzene rings is 1. The maximum Gasteiger partial charge on any atom is 0.311 e. The molecule has 1 N–H and O–H groups in total. The predicted molar refractivity (Wildman–Crippen MR) is 110 cm³/mol. The summed E-state index contributed by atoms with van der Waals surface area (Å²) in [6.07, 6.45) is 2.72. The molecule has 2 aromatic rings. The van der Waals surface area contributed by atoms with Crippen molar-refractivity contribution < 1.29 is 19.0 Å². The molecule has 0 unspecified atom stereocenters. The summed E-state index contributed by atoms with van der Waals surface area (Å²) in [4.78, 5) is 15.8. The fourth-order valence-electron chi connectivity index (χ4n) is 2.09. The lowest BCUT2D eigenvalue weighted by Gasteiger charge is -2.11. The van der Waals surface area contributed by atoms with Gasteiger partial charge in [0, 0.05) is 15.4 Å². The normalized spacial score (nSPS) is 10.8. The van der Waals surface area contributed by atoms with Crippen molar-refractivity contribution in [3.8, 4) is 11.5 Å². The molecule has 27 heavy (non-hydrogen) atoms. The van der Waals surface area contributed by atoms with Crippen LogP contribution in [0.1, 0.15) is 31.5 Å². The first-order valence-corrected chi connectivity index (χ1v) is 10.1. The van der Waals surface area contributed by atoms with Crippen molar-refractivity contribution in [2.75, 3.05) is 25.7 Å². The number of nitrogens with one attached hydrogen (secondary N) is 1. The first-order valence-electron chi connectivity index (χ1n) is 8.46. The molecule has 2 rings (SSSR count). The molecule has 0 saturated heterocycles. The van der Waals surface area contributed by atoms with Gasteiger partial charge in [0.1, 0.15) is 0 Å². The number of halogens is 1. The lowest BCUT2D eigenvalue weighted by Crippen LogP contribution is -2.07. The van der Waals surface area contributed by atoms with Gasteiger partial charge in [-0.2, -0.15) is 5.10 Å². The second-order valence-electron chi connectivity index (χ2n) is 5.37. The topological polar surface area (TPSA) is 82.0 Å². The maximum absolute atomic E-state index is 11.5. The number of aromatic nitrogens is 1. The van der Waals surface area contributed by atoms with Crippen LogP contribution in [0.15, 0.2) is 27.1 Å². The number of anilines is 1. The number of carbonyl (C=O) groups is 1. The van der Waals surface area contributed by atoms with E-state index in [0.29, 0.717) is 35.5 Å². The van der Waals surface area contributed by atoms with Crippen molar-refractivity contribution in [3.63, 3.8) is 0 Å². The molecule has 1 aromatic carbocycles. The molecule has 7 nitrogen and oxygen atoms in total. The van der Waals surface area contributed by atoms with Crippen LogP contribution in [-0.4, -0.2) is 37.5 Å². The number of nitrogens with zero attached hydrogens (tertiary/aromatic N) is 2. The monoisotopic (exact) mass is 455 g/mol. The van der Waals surface area contributed by atoms with Crippen molar-refractivity contribution >= 4 is 44.6 Å². The van der Waals surface area contributed by atoms with E-state index in [1.54, 1.807) is 25.6 Å². The van der Waals surface area contributed by atoms with Gasteiger partial charge in [-0.05, 0) is 41.4 Å².